The molecule has 1 atom stereocenters. The van der Waals surface area contributed by atoms with Crippen LogP contribution in [-0.2, 0) is 28.7 Å². The van der Waals surface area contributed by atoms with Crippen molar-refractivity contribution in [3.8, 4) is 0 Å². The molecule has 1 aliphatic rings. The number of hydrogen-bond donors (Lipinski definition) is 1. The summed E-state index contributed by atoms with van der Waals surface area (Å²) in [5.41, 5.74) is -0.0733. The molecule has 5 rings (SSSR count). The molecular weight excluding hydrogens is 455 g/mol. The van der Waals surface area contributed by atoms with E-state index in [2.05, 4.69) is 20.6 Å². The third-order valence-corrected chi connectivity index (χ3v) is 5.43. The van der Waals surface area contributed by atoms with E-state index in [1.54, 1.807) is 31.3 Å². The van der Waals surface area contributed by atoms with Gasteiger partial charge < -0.3 is 19.2 Å². The van der Waals surface area contributed by atoms with Gasteiger partial charge in [-0.05, 0) is 31.2 Å². The third-order valence-electron chi connectivity index (χ3n) is 5.43. The average molecular weight is 475 g/mol. The zero-order valence-electron chi connectivity index (χ0n) is 18.1. The lowest BCUT2D eigenvalue weighted by atomic mass is 10.1. The fourth-order valence-corrected chi connectivity index (χ4v) is 3.87. The number of fused-ring (bicyclic) bond motifs is 3. The summed E-state index contributed by atoms with van der Waals surface area (Å²) in [5.74, 6) is -1.83. The van der Waals surface area contributed by atoms with Crippen LogP contribution in [0.3, 0.4) is 0 Å². The van der Waals surface area contributed by atoms with Gasteiger partial charge in [0.1, 0.15) is 22.8 Å². The molecule has 34 heavy (non-hydrogen) atoms. The first-order chi connectivity index (χ1) is 16.3. The van der Waals surface area contributed by atoms with Crippen molar-refractivity contribution < 1.29 is 31.9 Å². The fourth-order valence-electron chi connectivity index (χ4n) is 3.87. The van der Waals surface area contributed by atoms with Gasteiger partial charge >= 0.3 is 6.18 Å². The van der Waals surface area contributed by atoms with Crippen LogP contribution in [0.5, 0.6) is 0 Å². The number of ether oxygens (including phenoxy) is 2. The Morgan fingerprint density at radius 3 is 2.76 bits per heavy atom. The standard InChI is InChI=1S/C22H20F3N5O4/c1-12-2-4-14(28-27-12)8-26-21(31)20-18(22(23,24)25)17-16(34-20)5-3-13-9-30(29-19(13)17)10-15-11-32-6-7-33-15/h2-5,9,15H,6-8,10-11H2,1H3,(H,26,31)/t15-/m0/s1. The minimum atomic E-state index is -4.85. The highest BCUT2D eigenvalue weighted by Crippen LogP contribution is 2.42. The molecule has 1 aromatic carbocycles. The first-order valence-electron chi connectivity index (χ1n) is 10.6. The van der Waals surface area contributed by atoms with Crippen molar-refractivity contribution in [1.82, 2.24) is 25.3 Å². The lowest BCUT2D eigenvalue weighted by Crippen LogP contribution is -2.32. The third kappa shape index (κ3) is 4.33. The van der Waals surface area contributed by atoms with Gasteiger partial charge in [0.05, 0.1) is 49.7 Å². The molecule has 12 heteroatoms. The molecule has 0 spiro atoms. The minimum absolute atomic E-state index is 0.0809. The van der Waals surface area contributed by atoms with Crippen molar-refractivity contribution in [2.24, 2.45) is 0 Å². The number of benzene rings is 1. The molecule has 1 N–H and O–H groups in total. The van der Waals surface area contributed by atoms with Crippen LogP contribution in [0, 0.1) is 6.92 Å². The summed E-state index contributed by atoms with van der Waals surface area (Å²) in [7, 11) is 0. The molecule has 0 aliphatic carbocycles. The summed E-state index contributed by atoms with van der Waals surface area (Å²) >= 11 is 0. The van der Waals surface area contributed by atoms with E-state index in [4.69, 9.17) is 13.9 Å². The molecule has 1 aliphatic heterocycles. The van der Waals surface area contributed by atoms with Crippen LogP contribution in [0.4, 0.5) is 13.2 Å². The largest absolute Gasteiger partial charge is 0.450 e. The van der Waals surface area contributed by atoms with E-state index >= 15 is 0 Å². The van der Waals surface area contributed by atoms with E-state index < -0.39 is 23.4 Å². The number of carbonyl (C=O) groups excluding carboxylic acids is 1. The zero-order valence-corrected chi connectivity index (χ0v) is 18.1. The van der Waals surface area contributed by atoms with Gasteiger partial charge in [-0.25, -0.2) is 0 Å². The molecule has 1 amide bonds. The van der Waals surface area contributed by atoms with E-state index in [0.717, 1.165) is 0 Å². The van der Waals surface area contributed by atoms with Crippen LogP contribution in [0.2, 0.25) is 0 Å². The van der Waals surface area contributed by atoms with Crippen molar-refractivity contribution in [2.75, 3.05) is 19.8 Å². The number of hydrogen-bond acceptors (Lipinski definition) is 7. The Morgan fingerprint density at radius 1 is 1.21 bits per heavy atom. The fraction of sp³-hybridized carbons (Fsp3) is 0.364. The topological polar surface area (TPSA) is 104 Å². The van der Waals surface area contributed by atoms with Crippen LogP contribution in [-0.4, -0.2) is 51.8 Å². The van der Waals surface area contributed by atoms with Crippen LogP contribution in [0.1, 0.15) is 27.5 Å². The minimum Gasteiger partial charge on any atom is -0.450 e. The number of halogens is 3. The van der Waals surface area contributed by atoms with Crippen molar-refractivity contribution in [2.45, 2.75) is 32.3 Å². The molecule has 0 bridgehead atoms. The van der Waals surface area contributed by atoms with Gasteiger partial charge in [0, 0.05) is 11.6 Å². The highest BCUT2D eigenvalue weighted by Gasteiger charge is 2.42. The highest BCUT2D eigenvalue weighted by atomic mass is 19.4. The molecule has 1 fully saturated rings. The Labute approximate surface area is 190 Å². The van der Waals surface area contributed by atoms with Crippen LogP contribution in [0.15, 0.2) is 34.9 Å². The Bertz CT molecular complexity index is 1340. The zero-order chi connectivity index (χ0) is 23.9. The van der Waals surface area contributed by atoms with Crippen LogP contribution < -0.4 is 5.32 Å². The predicted molar refractivity (Wildman–Crippen MR) is 113 cm³/mol. The highest BCUT2D eigenvalue weighted by molar-refractivity contribution is 6.09. The maximum Gasteiger partial charge on any atom is 0.421 e. The number of furan rings is 1. The molecule has 1 saturated heterocycles. The Morgan fingerprint density at radius 2 is 2.06 bits per heavy atom. The Hall–Kier alpha value is -3.51. The number of rotatable bonds is 5. The summed E-state index contributed by atoms with van der Waals surface area (Å²) < 4.78 is 60.4. The average Bonchev–Trinajstić information content (AvgIpc) is 3.40. The first-order valence-corrected chi connectivity index (χ1v) is 10.6. The summed E-state index contributed by atoms with van der Waals surface area (Å²) in [6, 6.07) is 6.32. The Balaban J connectivity index is 1.51. The Kier molecular flexibility index (Phi) is 5.70. The lowest BCUT2D eigenvalue weighted by molar-refractivity contribution is -0.137. The molecule has 9 nitrogen and oxygen atoms in total. The second-order valence-corrected chi connectivity index (χ2v) is 7.95. The monoisotopic (exact) mass is 475 g/mol. The second-order valence-electron chi connectivity index (χ2n) is 7.95. The molecule has 0 saturated carbocycles. The first kappa shape index (κ1) is 22.3. The lowest BCUT2D eigenvalue weighted by Gasteiger charge is -2.22. The summed E-state index contributed by atoms with van der Waals surface area (Å²) in [6.07, 6.45) is -3.47. The normalized spacial score (nSPS) is 16.9. The van der Waals surface area contributed by atoms with Crippen molar-refractivity contribution in [1.29, 1.82) is 0 Å². The van der Waals surface area contributed by atoms with Gasteiger partial charge in [0.15, 0.2) is 0 Å². The summed E-state index contributed by atoms with van der Waals surface area (Å²) in [4.78, 5) is 12.7. The quantitative estimate of drug-likeness (QED) is 0.473. The number of alkyl halides is 3. The van der Waals surface area contributed by atoms with Crippen molar-refractivity contribution in [3.63, 3.8) is 0 Å². The molecular formula is C22H20F3N5O4. The SMILES string of the molecule is Cc1ccc(CNC(=O)c2oc3ccc4cn(C[C@H]5COCCO5)nc4c3c2C(F)(F)F)nn1. The molecule has 0 unspecified atom stereocenters. The van der Waals surface area contributed by atoms with Gasteiger partial charge in [-0.15, -0.1) is 0 Å². The van der Waals surface area contributed by atoms with Gasteiger partial charge in [-0.2, -0.15) is 28.5 Å². The van der Waals surface area contributed by atoms with Gasteiger partial charge in [0.25, 0.3) is 5.91 Å². The van der Waals surface area contributed by atoms with Crippen molar-refractivity contribution in [3.05, 3.63) is 53.2 Å². The van der Waals surface area contributed by atoms with Gasteiger partial charge in [0.2, 0.25) is 5.76 Å². The van der Waals surface area contributed by atoms with Crippen LogP contribution in [0.25, 0.3) is 21.9 Å². The van der Waals surface area contributed by atoms with E-state index in [-0.39, 0.29) is 29.1 Å². The second kappa shape index (κ2) is 8.69. The van der Waals surface area contributed by atoms with Crippen LogP contribution >= 0.6 is 0 Å². The van der Waals surface area contributed by atoms with Crippen molar-refractivity contribution >= 4 is 27.8 Å². The summed E-state index contributed by atoms with van der Waals surface area (Å²) in [6.45, 7) is 3.29. The van der Waals surface area contributed by atoms with E-state index in [1.165, 1.54) is 10.7 Å². The van der Waals surface area contributed by atoms with E-state index in [1.807, 2.05) is 0 Å². The maximum absolute atomic E-state index is 14.2. The number of aryl methyl sites for hydroxylation is 1. The number of nitrogens with one attached hydrogen (secondary N) is 1. The van der Waals surface area contributed by atoms with Gasteiger partial charge in [-0.3, -0.25) is 9.48 Å². The smallest absolute Gasteiger partial charge is 0.421 e. The molecule has 3 aromatic heterocycles. The maximum atomic E-state index is 14.2. The molecule has 0 radical (unpaired) electrons. The molecule has 178 valence electrons. The molecule has 4 heterocycles. The number of aromatic nitrogens is 4. The van der Waals surface area contributed by atoms with Gasteiger partial charge in [-0.1, -0.05) is 0 Å². The van der Waals surface area contributed by atoms with E-state index in [9.17, 15) is 18.0 Å². The number of carbonyl (C=O) groups is 1. The van der Waals surface area contributed by atoms with E-state index in [0.29, 0.717) is 43.1 Å². The number of nitrogens with zero attached hydrogens (tertiary/aromatic N) is 4. The summed E-state index contributed by atoms with van der Waals surface area (Å²) in [5, 5.41) is 14.8. The predicted octanol–water partition coefficient (Wildman–Crippen LogP) is 3.25. The molecule has 4 aromatic rings. The number of amides is 1.